The van der Waals surface area contributed by atoms with Gasteiger partial charge in [0.15, 0.2) is 20.9 Å². The Morgan fingerprint density at radius 1 is 1.15 bits per heavy atom. The average molecular weight is 389 g/mol. The maximum Gasteiger partial charge on any atom is 0.188 e. The number of rotatable bonds is 6. The van der Waals surface area contributed by atoms with Gasteiger partial charge in [-0.2, -0.15) is 0 Å². The van der Waals surface area contributed by atoms with E-state index >= 15 is 0 Å². The Morgan fingerprint density at radius 2 is 1.88 bits per heavy atom. The molecule has 2 rings (SSSR count). The molecule has 2 fully saturated rings. The molecule has 6 heteroatoms. The van der Waals surface area contributed by atoms with Crippen LogP contribution in [0.4, 0.5) is 0 Å². The van der Waals surface area contributed by atoms with Gasteiger partial charge in [0.1, 0.15) is 0 Å². The second-order valence-corrected chi connectivity index (χ2v) is 13.9. The molecule has 0 aromatic heterocycles. The van der Waals surface area contributed by atoms with E-state index in [-0.39, 0.29) is 23.5 Å². The van der Waals surface area contributed by atoms with E-state index in [4.69, 9.17) is 14.2 Å². The Labute approximate surface area is 160 Å². The minimum Gasteiger partial charge on any atom is -0.432 e. The zero-order chi connectivity index (χ0) is 19.4. The first-order valence-corrected chi connectivity index (χ1v) is 13.4. The van der Waals surface area contributed by atoms with Crippen LogP contribution in [0.15, 0.2) is 0 Å². The van der Waals surface area contributed by atoms with Crippen molar-refractivity contribution in [1.29, 1.82) is 0 Å². The highest BCUT2D eigenvalue weighted by molar-refractivity contribution is 6.72. The molecular weight excluding hydrogens is 348 g/mol. The fraction of sp³-hybridized carbons (Fsp3) is 1.00. The minimum absolute atomic E-state index is 0.0296. The van der Waals surface area contributed by atoms with Crippen LogP contribution in [-0.2, 0) is 14.2 Å². The Kier molecular flexibility index (Phi) is 8.13. The van der Waals surface area contributed by atoms with Gasteiger partial charge in [-0.1, -0.05) is 13.8 Å². The molecule has 2 saturated heterocycles. The minimum atomic E-state index is -2.22. The van der Waals surface area contributed by atoms with Crippen LogP contribution < -0.4 is 0 Å². The summed E-state index contributed by atoms with van der Waals surface area (Å²) in [5, 5.41) is 10.0. The van der Waals surface area contributed by atoms with Crippen LogP contribution in [0.3, 0.4) is 0 Å². The van der Waals surface area contributed by atoms with Crippen molar-refractivity contribution in [3.05, 3.63) is 0 Å². The summed E-state index contributed by atoms with van der Waals surface area (Å²) >= 11 is 0. The van der Waals surface area contributed by atoms with Gasteiger partial charge < -0.3 is 24.1 Å². The lowest BCUT2D eigenvalue weighted by molar-refractivity contribution is -0.221. The second kappa shape index (κ2) is 9.48. The van der Waals surface area contributed by atoms with E-state index in [1.165, 1.54) is 0 Å². The first-order chi connectivity index (χ1) is 12.1. The van der Waals surface area contributed by atoms with Crippen LogP contribution in [0.1, 0.15) is 72.1 Å². The number of aliphatic hydroxyl groups excluding tert-OH is 1. The third-order valence-corrected chi connectivity index (χ3v) is 10.1. The van der Waals surface area contributed by atoms with Gasteiger partial charge in [-0.05, 0) is 82.3 Å². The molecule has 154 valence electrons. The van der Waals surface area contributed by atoms with Gasteiger partial charge in [0.2, 0.25) is 0 Å². The molecule has 0 aromatic rings. The maximum atomic E-state index is 10.6. The standard InChI is InChI=1S/C20H40O5Si/c1-15-14-17(25-19-8-6-7-13-23-19)16(9-10-18(21)24-15)11-12-20(2,3)26(4,5)22/h15-19,21-22H,6-14H2,1-5H3/t15-,16+,17-,18?,19?/m1/s1. The quantitative estimate of drug-likeness (QED) is 0.668. The predicted molar refractivity (Wildman–Crippen MR) is 105 cm³/mol. The van der Waals surface area contributed by atoms with Gasteiger partial charge in [-0.15, -0.1) is 0 Å². The second-order valence-electron chi connectivity index (χ2n) is 9.43. The Bertz CT molecular complexity index is 417. The molecule has 2 unspecified atom stereocenters. The van der Waals surface area contributed by atoms with E-state index in [1.54, 1.807) is 0 Å². The fourth-order valence-corrected chi connectivity index (χ4v) is 4.57. The molecule has 2 N–H and O–H groups in total. The SMILES string of the molecule is C[C@@H]1C[C@@H](OC2CCCCO2)[C@H](CCC(C)(C)[Si](C)(C)O)CCC(O)O1. The predicted octanol–water partition coefficient (Wildman–Crippen LogP) is 4.18. The van der Waals surface area contributed by atoms with Crippen molar-refractivity contribution in [1.82, 2.24) is 0 Å². The molecule has 0 aromatic carbocycles. The number of hydrogen-bond acceptors (Lipinski definition) is 5. The first kappa shape index (κ1) is 22.3. The molecule has 2 heterocycles. The van der Waals surface area contributed by atoms with Gasteiger partial charge in [0.25, 0.3) is 0 Å². The van der Waals surface area contributed by atoms with Gasteiger partial charge in [-0.3, -0.25) is 0 Å². The summed E-state index contributed by atoms with van der Waals surface area (Å²) < 4.78 is 17.9. The van der Waals surface area contributed by atoms with Crippen molar-refractivity contribution in [3.8, 4) is 0 Å². The maximum absolute atomic E-state index is 10.6. The molecule has 2 aliphatic rings. The van der Waals surface area contributed by atoms with Crippen LogP contribution in [-0.4, -0.2) is 49.6 Å². The van der Waals surface area contributed by atoms with E-state index in [0.717, 1.165) is 51.6 Å². The summed E-state index contributed by atoms with van der Waals surface area (Å²) in [6.45, 7) is 11.2. The van der Waals surface area contributed by atoms with Crippen LogP contribution >= 0.6 is 0 Å². The number of ether oxygens (including phenoxy) is 3. The van der Waals surface area contributed by atoms with E-state index in [0.29, 0.717) is 12.3 Å². The monoisotopic (exact) mass is 388 g/mol. The Hall–Kier alpha value is 0.0169. The molecule has 0 aliphatic carbocycles. The lowest BCUT2D eigenvalue weighted by Gasteiger charge is -2.40. The highest BCUT2D eigenvalue weighted by Crippen LogP contribution is 2.42. The van der Waals surface area contributed by atoms with Gasteiger partial charge in [0.05, 0.1) is 12.2 Å². The summed E-state index contributed by atoms with van der Waals surface area (Å²) in [7, 11) is -2.22. The first-order valence-electron chi connectivity index (χ1n) is 10.4. The molecule has 2 aliphatic heterocycles. The van der Waals surface area contributed by atoms with Crippen molar-refractivity contribution in [3.63, 3.8) is 0 Å². The summed E-state index contributed by atoms with van der Waals surface area (Å²) in [6.07, 6.45) is 6.78. The lowest BCUT2D eigenvalue weighted by atomic mass is 9.85. The van der Waals surface area contributed by atoms with Crippen LogP contribution in [0, 0.1) is 5.92 Å². The van der Waals surface area contributed by atoms with E-state index < -0.39 is 14.6 Å². The lowest BCUT2D eigenvalue weighted by Crippen LogP contribution is -2.41. The van der Waals surface area contributed by atoms with Crippen molar-refractivity contribution in [2.24, 2.45) is 5.92 Å². The van der Waals surface area contributed by atoms with Crippen LogP contribution in [0.5, 0.6) is 0 Å². The molecule has 0 radical (unpaired) electrons. The summed E-state index contributed by atoms with van der Waals surface area (Å²) in [4.78, 5) is 10.6. The topological polar surface area (TPSA) is 68.2 Å². The molecule has 0 saturated carbocycles. The summed E-state index contributed by atoms with van der Waals surface area (Å²) in [5.74, 6) is 0.358. The van der Waals surface area contributed by atoms with E-state index in [2.05, 4.69) is 13.8 Å². The van der Waals surface area contributed by atoms with Crippen molar-refractivity contribution in [2.75, 3.05) is 6.61 Å². The Morgan fingerprint density at radius 3 is 2.50 bits per heavy atom. The molecule has 5 nitrogen and oxygen atoms in total. The zero-order valence-corrected chi connectivity index (χ0v) is 18.4. The van der Waals surface area contributed by atoms with Crippen molar-refractivity contribution in [2.45, 2.75) is 115 Å². The molecule has 0 spiro atoms. The molecule has 0 amide bonds. The number of aliphatic hydroxyl groups is 1. The third kappa shape index (κ3) is 6.57. The third-order valence-electron chi connectivity index (χ3n) is 6.52. The smallest absolute Gasteiger partial charge is 0.188 e. The van der Waals surface area contributed by atoms with Crippen molar-refractivity contribution >= 4 is 8.32 Å². The van der Waals surface area contributed by atoms with Gasteiger partial charge >= 0.3 is 0 Å². The van der Waals surface area contributed by atoms with E-state index in [1.807, 2.05) is 20.0 Å². The molecule has 26 heavy (non-hydrogen) atoms. The molecule has 5 atom stereocenters. The number of hydrogen-bond donors (Lipinski definition) is 2. The van der Waals surface area contributed by atoms with Crippen LogP contribution in [0.25, 0.3) is 0 Å². The highest BCUT2D eigenvalue weighted by Gasteiger charge is 2.39. The largest absolute Gasteiger partial charge is 0.432 e. The average Bonchev–Trinajstić information content (AvgIpc) is 2.53. The summed E-state index contributed by atoms with van der Waals surface area (Å²) in [6, 6.07) is 0. The Balaban J connectivity index is 2.04. The summed E-state index contributed by atoms with van der Waals surface area (Å²) in [5.41, 5.74) is 0. The molecule has 0 bridgehead atoms. The van der Waals surface area contributed by atoms with Gasteiger partial charge in [0, 0.05) is 6.61 Å². The molecular formula is C20H40O5Si. The van der Waals surface area contributed by atoms with E-state index in [9.17, 15) is 9.90 Å². The fourth-order valence-electron chi connectivity index (χ4n) is 3.82. The zero-order valence-electron chi connectivity index (χ0n) is 17.4. The van der Waals surface area contributed by atoms with Crippen molar-refractivity contribution < 1.29 is 24.1 Å². The highest BCUT2D eigenvalue weighted by atomic mass is 28.4. The van der Waals surface area contributed by atoms with Gasteiger partial charge in [-0.25, -0.2) is 0 Å². The normalized spacial score (nSPS) is 35.0. The van der Waals surface area contributed by atoms with Crippen LogP contribution in [0.2, 0.25) is 18.1 Å².